The van der Waals surface area contributed by atoms with Crippen LogP contribution in [0.5, 0.6) is 0 Å². The zero-order valence-electron chi connectivity index (χ0n) is 26.9. The maximum absolute atomic E-state index is 12.3. The molecule has 0 aromatic heterocycles. The van der Waals surface area contributed by atoms with Crippen LogP contribution in [0.1, 0.15) is 55.4 Å². The second kappa shape index (κ2) is 17.5. The predicted octanol–water partition coefficient (Wildman–Crippen LogP) is -0.831. The molecule has 2 rings (SSSR count). The highest BCUT2D eigenvalue weighted by Crippen LogP contribution is 2.35. The maximum Gasteiger partial charge on any atom is 0.305 e. The van der Waals surface area contributed by atoms with Crippen molar-refractivity contribution in [3.63, 3.8) is 0 Å². The standard InChI is InChI=1S/C28H38O19/c1-11(29)37-9-19-21(39-13(3)31)23(41-15(5)33)25(42-16(6)34)28(46-19)47-24-22(40-14(4)32)20(10-38-12(2)30)45-27(44-18(8)36)26(24)43-17(7)35/h19-28H,9-10H2,1-8H3. The van der Waals surface area contributed by atoms with E-state index in [1.54, 1.807) is 0 Å². The van der Waals surface area contributed by atoms with Crippen molar-refractivity contribution in [2.75, 3.05) is 13.2 Å². The number of ether oxygens (including phenoxy) is 11. The number of hydrogen-bond donors (Lipinski definition) is 0. The molecule has 0 radical (unpaired) electrons. The van der Waals surface area contributed by atoms with E-state index in [1.807, 2.05) is 0 Å². The summed E-state index contributed by atoms with van der Waals surface area (Å²) in [6, 6.07) is 0. The van der Waals surface area contributed by atoms with Gasteiger partial charge in [-0.2, -0.15) is 0 Å². The van der Waals surface area contributed by atoms with E-state index in [4.69, 9.17) is 52.1 Å². The summed E-state index contributed by atoms with van der Waals surface area (Å²) in [5.74, 6) is -7.04. The number of esters is 8. The van der Waals surface area contributed by atoms with Gasteiger partial charge < -0.3 is 52.1 Å². The molecule has 264 valence electrons. The summed E-state index contributed by atoms with van der Waals surface area (Å²) in [5.41, 5.74) is 0. The Morgan fingerprint density at radius 2 is 0.702 bits per heavy atom. The molecule has 0 bridgehead atoms. The summed E-state index contributed by atoms with van der Waals surface area (Å²) in [6.07, 6.45) is -16.4. The summed E-state index contributed by atoms with van der Waals surface area (Å²) < 4.78 is 60.2. The van der Waals surface area contributed by atoms with E-state index >= 15 is 0 Å². The Labute approximate surface area is 268 Å². The molecule has 0 N–H and O–H groups in total. The number of hydrogen-bond acceptors (Lipinski definition) is 19. The molecule has 0 saturated carbocycles. The van der Waals surface area contributed by atoms with Crippen LogP contribution in [0.3, 0.4) is 0 Å². The van der Waals surface area contributed by atoms with Gasteiger partial charge in [0.2, 0.25) is 6.29 Å². The van der Waals surface area contributed by atoms with Crippen LogP contribution < -0.4 is 0 Å². The van der Waals surface area contributed by atoms with Gasteiger partial charge in [0.25, 0.3) is 0 Å². The number of carbonyl (C=O) groups excluding carboxylic acids is 8. The van der Waals surface area contributed by atoms with Gasteiger partial charge >= 0.3 is 47.8 Å². The van der Waals surface area contributed by atoms with Gasteiger partial charge in [0, 0.05) is 55.4 Å². The van der Waals surface area contributed by atoms with Gasteiger partial charge in [0.1, 0.15) is 31.5 Å². The van der Waals surface area contributed by atoms with Crippen LogP contribution in [0.4, 0.5) is 0 Å². The van der Waals surface area contributed by atoms with Crippen LogP contribution in [-0.4, -0.2) is 122 Å². The molecule has 0 amide bonds. The van der Waals surface area contributed by atoms with Gasteiger partial charge in [-0.05, 0) is 0 Å². The van der Waals surface area contributed by atoms with Gasteiger partial charge in [-0.25, -0.2) is 0 Å². The average molecular weight is 679 g/mol. The van der Waals surface area contributed by atoms with Crippen LogP contribution >= 0.6 is 0 Å². The van der Waals surface area contributed by atoms with Gasteiger partial charge in [-0.3, -0.25) is 38.4 Å². The Morgan fingerprint density at radius 1 is 0.383 bits per heavy atom. The lowest BCUT2D eigenvalue weighted by Gasteiger charge is -2.48. The molecule has 10 atom stereocenters. The summed E-state index contributed by atoms with van der Waals surface area (Å²) in [4.78, 5) is 96.4. The molecule has 10 unspecified atom stereocenters. The van der Waals surface area contributed by atoms with Gasteiger partial charge in [-0.1, -0.05) is 0 Å². The molecule has 0 aromatic carbocycles. The molecule has 47 heavy (non-hydrogen) atoms. The number of rotatable bonds is 12. The van der Waals surface area contributed by atoms with Crippen LogP contribution in [0.15, 0.2) is 0 Å². The highest BCUT2D eigenvalue weighted by molar-refractivity contribution is 5.69. The molecule has 2 heterocycles. The minimum absolute atomic E-state index is 0.587. The first kappa shape index (κ1) is 38.8. The molecule has 0 aromatic rings. The third kappa shape index (κ3) is 12.1. The zero-order valence-corrected chi connectivity index (χ0v) is 26.9. The lowest BCUT2D eigenvalue weighted by Crippen LogP contribution is -2.67. The van der Waals surface area contributed by atoms with E-state index in [-0.39, 0.29) is 0 Å². The van der Waals surface area contributed by atoms with Crippen LogP contribution in [0.25, 0.3) is 0 Å². The summed E-state index contributed by atoms with van der Waals surface area (Å²) in [5, 5.41) is 0. The lowest BCUT2D eigenvalue weighted by atomic mass is 9.96. The van der Waals surface area contributed by atoms with Crippen molar-refractivity contribution in [3.05, 3.63) is 0 Å². The number of carbonyl (C=O) groups is 8. The Balaban J connectivity index is 2.75. The van der Waals surface area contributed by atoms with Gasteiger partial charge in [-0.15, -0.1) is 0 Å². The Hall–Kier alpha value is -4.36. The van der Waals surface area contributed by atoms with E-state index in [9.17, 15) is 38.4 Å². The highest BCUT2D eigenvalue weighted by atomic mass is 16.8. The van der Waals surface area contributed by atoms with E-state index in [0.717, 1.165) is 55.4 Å². The first-order chi connectivity index (χ1) is 21.9. The van der Waals surface area contributed by atoms with Crippen LogP contribution in [0.2, 0.25) is 0 Å². The molecular formula is C28H38O19. The SMILES string of the molecule is CC(=O)OCC1OC(OC2C(OC(C)=O)C(COC(C)=O)OC(OC(C)=O)C2OC(C)=O)C(OC(C)=O)C(OC(C)=O)C1OC(C)=O. The van der Waals surface area contributed by atoms with E-state index < -0.39 is 122 Å². The minimum atomic E-state index is -1.86. The summed E-state index contributed by atoms with van der Waals surface area (Å²) >= 11 is 0. The minimum Gasteiger partial charge on any atom is -0.463 e. The maximum atomic E-state index is 12.3. The normalized spacial score (nSPS) is 30.0. The lowest BCUT2D eigenvalue weighted by molar-refractivity contribution is -0.358. The zero-order chi connectivity index (χ0) is 35.6. The van der Waals surface area contributed by atoms with Crippen LogP contribution in [0, 0.1) is 0 Å². The van der Waals surface area contributed by atoms with Crippen molar-refractivity contribution in [2.24, 2.45) is 0 Å². The fourth-order valence-electron chi connectivity index (χ4n) is 4.73. The first-order valence-corrected chi connectivity index (χ1v) is 14.2. The molecule has 2 saturated heterocycles. The van der Waals surface area contributed by atoms with Gasteiger partial charge in [0.05, 0.1) is 0 Å². The third-order valence-corrected chi connectivity index (χ3v) is 6.17. The largest absolute Gasteiger partial charge is 0.463 e. The highest BCUT2D eigenvalue weighted by Gasteiger charge is 2.58. The second-order valence-corrected chi connectivity index (χ2v) is 10.3. The molecule has 19 heteroatoms. The van der Waals surface area contributed by atoms with Crippen molar-refractivity contribution < 1.29 is 90.5 Å². The Kier molecular flexibility index (Phi) is 14.5. The van der Waals surface area contributed by atoms with Crippen molar-refractivity contribution in [1.29, 1.82) is 0 Å². The topological polar surface area (TPSA) is 238 Å². The molecule has 2 aliphatic rings. The third-order valence-electron chi connectivity index (χ3n) is 6.17. The van der Waals surface area contributed by atoms with Crippen molar-refractivity contribution in [1.82, 2.24) is 0 Å². The van der Waals surface area contributed by atoms with E-state index in [0.29, 0.717) is 0 Å². The predicted molar refractivity (Wildman–Crippen MR) is 145 cm³/mol. The quantitative estimate of drug-likeness (QED) is 0.181. The van der Waals surface area contributed by atoms with Gasteiger partial charge in [0.15, 0.2) is 36.8 Å². The first-order valence-electron chi connectivity index (χ1n) is 14.2. The van der Waals surface area contributed by atoms with E-state index in [1.165, 1.54) is 0 Å². The summed E-state index contributed by atoms with van der Waals surface area (Å²) in [7, 11) is 0. The van der Waals surface area contributed by atoms with Crippen molar-refractivity contribution in [2.45, 2.75) is 117 Å². The smallest absolute Gasteiger partial charge is 0.305 e. The molecular weight excluding hydrogens is 640 g/mol. The van der Waals surface area contributed by atoms with Crippen molar-refractivity contribution >= 4 is 47.8 Å². The molecule has 2 fully saturated rings. The Bertz CT molecular complexity index is 1200. The Morgan fingerprint density at radius 3 is 1.09 bits per heavy atom. The molecule has 2 aliphatic heterocycles. The molecule has 0 spiro atoms. The fourth-order valence-corrected chi connectivity index (χ4v) is 4.73. The summed E-state index contributed by atoms with van der Waals surface area (Å²) in [6.45, 7) is 7.06. The second-order valence-electron chi connectivity index (χ2n) is 10.3. The molecule has 0 aliphatic carbocycles. The molecule has 19 nitrogen and oxygen atoms in total. The average Bonchev–Trinajstić information content (AvgIpc) is 2.91. The van der Waals surface area contributed by atoms with Crippen molar-refractivity contribution in [3.8, 4) is 0 Å². The van der Waals surface area contributed by atoms with Crippen LogP contribution in [-0.2, 0) is 90.5 Å². The fraction of sp³-hybridized carbons (Fsp3) is 0.714. The monoisotopic (exact) mass is 678 g/mol. The van der Waals surface area contributed by atoms with E-state index in [2.05, 4.69) is 0 Å².